The Morgan fingerprint density at radius 1 is 1.26 bits per heavy atom. The second-order valence-electron chi connectivity index (χ2n) is 6.16. The molecule has 0 unspecified atom stereocenters. The Bertz CT molecular complexity index is 1030. The molecule has 3 aromatic rings. The van der Waals surface area contributed by atoms with Gasteiger partial charge in [-0.1, -0.05) is 30.0 Å². The largest absolute Gasteiger partial charge is 0.463 e. The number of anilines is 1. The van der Waals surface area contributed by atoms with E-state index in [1.54, 1.807) is 18.2 Å². The second-order valence-corrected chi connectivity index (χ2v) is 7.19. The maximum absolute atomic E-state index is 14.6. The molecule has 0 saturated carbocycles. The summed E-state index contributed by atoms with van der Waals surface area (Å²) < 4.78 is 34.3. The van der Waals surface area contributed by atoms with Crippen molar-refractivity contribution in [2.24, 2.45) is 5.73 Å². The molecular weight excluding hydrogens is 368 g/mol. The van der Waals surface area contributed by atoms with Gasteiger partial charge in [-0.2, -0.15) is 0 Å². The van der Waals surface area contributed by atoms with E-state index in [0.29, 0.717) is 21.0 Å². The Balaban J connectivity index is 2.14. The standard InChI is InChI=1S/C20H19F2N3OS/c1-4-26-19(17(23)12-6-5-7-14(21)8-12)13-9-15(22)18-16(10-13)27-20(25-18)24-11(2)3/h4-11H,1,23H2,2-3H3,(H,24,25)/b19-17-. The summed E-state index contributed by atoms with van der Waals surface area (Å²) in [7, 11) is 0. The predicted molar refractivity (Wildman–Crippen MR) is 107 cm³/mol. The Hall–Kier alpha value is -2.93. The maximum atomic E-state index is 14.6. The molecule has 0 aliphatic carbocycles. The van der Waals surface area contributed by atoms with Gasteiger partial charge in [0.25, 0.3) is 0 Å². The molecule has 0 aliphatic rings. The van der Waals surface area contributed by atoms with Crippen LogP contribution in [-0.2, 0) is 4.74 Å². The van der Waals surface area contributed by atoms with Gasteiger partial charge in [0.1, 0.15) is 11.3 Å². The maximum Gasteiger partial charge on any atom is 0.184 e. The van der Waals surface area contributed by atoms with E-state index in [-0.39, 0.29) is 23.0 Å². The van der Waals surface area contributed by atoms with Gasteiger partial charge in [-0.05, 0) is 38.1 Å². The summed E-state index contributed by atoms with van der Waals surface area (Å²) in [5.41, 5.74) is 7.48. The van der Waals surface area contributed by atoms with E-state index >= 15 is 0 Å². The average molecular weight is 387 g/mol. The summed E-state index contributed by atoms with van der Waals surface area (Å²) in [6.45, 7) is 7.50. The van der Waals surface area contributed by atoms with Crippen LogP contribution >= 0.6 is 11.3 Å². The topological polar surface area (TPSA) is 60.2 Å². The molecule has 0 radical (unpaired) electrons. The molecule has 1 aromatic heterocycles. The van der Waals surface area contributed by atoms with Crippen molar-refractivity contribution in [2.75, 3.05) is 5.32 Å². The van der Waals surface area contributed by atoms with Crippen molar-refractivity contribution in [3.63, 3.8) is 0 Å². The van der Waals surface area contributed by atoms with E-state index in [1.807, 2.05) is 13.8 Å². The SMILES string of the molecule is C=CO/C(=C(\N)c1cccc(F)c1)c1cc(F)c2nc(NC(C)C)sc2c1. The number of nitrogens with zero attached hydrogens (tertiary/aromatic N) is 1. The third-order valence-corrected chi connectivity index (χ3v) is 4.64. The Labute approximate surface area is 160 Å². The second kappa shape index (κ2) is 7.75. The van der Waals surface area contributed by atoms with Gasteiger partial charge in [0, 0.05) is 17.2 Å². The van der Waals surface area contributed by atoms with Gasteiger partial charge < -0.3 is 15.8 Å². The van der Waals surface area contributed by atoms with E-state index in [9.17, 15) is 8.78 Å². The minimum absolute atomic E-state index is 0.177. The fraction of sp³-hybridized carbons (Fsp3) is 0.150. The van der Waals surface area contributed by atoms with Gasteiger partial charge >= 0.3 is 0 Å². The zero-order valence-electron chi connectivity index (χ0n) is 14.9. The van der Waals surface area contributed by atoms with E-state index < -0.39 is 11.6 Å². The van der Waals surface area contributed by atoms with E-state index in [4.69, 9.17) is 10.5 Å². The molecule has 0 atom stereocenters. The highest BCUT2D eigenvalue weighted by atomic mass is 32.1. The molecule has 7 heteroatoms. The molecule has 4 nitrogen and oxygen atoms in total. The number of nitrogens with one attached hydrogen (secondary N) is 1. The molecule has 2 aromatic carbocycles. The van der Waals surface area contributed by atoms with Crippen LogP contribution in [0.1, 0.15) is 25.0 Å². The number of nitrogens with two attached hydrogens (primary N) is 1. The first-order valence-electron chi connectivity index (χ1n) is 8.29. The lowest BCUT2D eigenvalue weighted by Gasteiger charge is -2.12. The summed E-state index contributed by atoms with van der Waals surface area (Å²) in [4.78, 5) is 4.29. The summed E-state index contributed by atoms with van der Waals surface area (Å²) >= 11 is 1.33. The molecule has 0 aliphatic heterocycles. The molecule has 0 fully saturated rings. The number of ether oxygens (including phenoxy) is 1. The summed E-state index contributed by atoms with van der Waals surface area (Å²) in [6, 6.07) is 9.01. The van der Waals surface area contributed by atoms with Gasteiger partial charge in [0.2, 0.25) is 0 Å². The fourth-order valence-corrected chi connectivity index (χ4v) is 3.65. The van der Waals surface area contributed by atoms with Crippen molar-refractivity contribution in [2.45, 2.75) is 19.9 Å². The van der Waals surface area contributed by atoms with E-state index in [1.165, 1.54) is 35.8 Å². The lowest BCUT2D eigenvalue weighted by atomic mass is 10.1. The Kier molecular flexibility index (Phi) is 5.41. The van der Waals surface area contributed by atoms with Crippen molar-refractivity contribution in [1.29, 1.82) is 0 Å². The number of fused-ring (bicyclic) bond motifs is 1. The van der Waals surface area contributed by atoms with Gasteiger partial charge in [-0.15, -0.1) is 0 Å². The first-order valence-corrected chi connectivity index (χ1v) is 9.11. The van der Waals surface area contributed by atoms with Crippen LogP contribution in [0.4, 0.5) is 13.9 Å². The summed E-state index contributed by atoms with van der Waals surface area (Å²) in [5.74, 6) is -0.724. The van der Waals surface area contributed by atoms with Crippen molar-refractivity contribution >= 4 is 38.1 Å². The first kappa shape index (κ1) is 18.8. The number of hydrogen-bond acceptors (Lipinski definition) is 5. The van der Waals surface area contributed by atoms with Crippen LogP contribution in [0.25, 0.3) is 21.7 Å². The Morgan fingerprint density at radius 2 is 2.04 bits per heavy atom. The van der Waals surface area contributed by atoms with Crippen LogP contribution in [0.5, 0.6) is 0 Å². The van der Waals surface area contributed by atoms with Crippen LogP contribution in [0.2, 0.25) is 0 Å². The molecule has 0 amide bonds. The highest BCUT2D eigenvalue weighted by Crippen LogP contribution is 2.33. The lowest BCUT2D eigenvalue weighted by Crippen LogP contribution is -2.08. The highest BCUT2D eigenvalue weighted by Gasteiger charge is 2.16. The zero-order chi connectivity index (χ0) is 19.6. The third kappa shape index (κ3) is 4.09. The minimum atomic E-state index is -0.493. The van der Waals surface area contributed by atoms with Crippen molar-refractivity contribution in [3.05, 3.63) is 72.0 Å². The fourth-order valence-electron chi connectivity index (χ4n) is 2.59. The predicted octanol–water partition coefficient (Wildman–Crippen LogP) is 5.34. The normalized spacial score (nSPS) is 12.2. The highest BCUT2D eigenvalue weighted by molar-refractivity contribution is 7.22. The molecule has 0 spiro atoms. The van der Waals surface area contributed by atoms with E-state index in [0.717, 1.165) is 0 Å². The van der Waals surface area contributed by atoms with Crippen molar-refractivity contribution in [1.82, 2.24) is 4.98 Å². The van der Waals surface area contributed by atoms with Crippen LogP contribution in [-0.4, -0.2) is 11.0 Å². The molecule has 0 saturated heterocycles. The smallest absolute Gasteiger partial charge is 0.184 e. The first-order chi connectivity index (χ1) is 12.9. The Morgan fingerprint density at radius 3 is 2.70 bits per heavy atom. The van der Waals surface area contributed by atoms with E-state index in [2.05, 4.69) is 16.9 Å². The van der Waals surface area contributed by atoms with Crippen LogP contribution in [0.3, 0.4) is 0 Å². The molecule has 3 N–H and O–H groups in total. The number of rotatable bonds is 6. The molecule has 0 bridgehead atoms. The molecule has 27 heavy (non-hydrogen) atoms. The summed E-state index contributed by atoms with van der Waals surface area (Å²) in [6.07, 6.45) is 1.20. The average Bonchev–Trinajstić information content (AvgIpc) is 3.01. The quantitative estimate of drug-likeness (QED) is 0.443. The van der Waals surface area contributed by atoms with Gasteiger partial charge in [0.15, 0.2) is 16.7 Å². The molecule has 1 heterocycles. The lowest BCUT2D eigenvalue weighted by molar-refractivity contribution is 0.439. The number of benzene rings is 2. The van der Waals surface area contributed by atoms with Gasteiger partial charge in [-0.3, -0.25) is 0 Å². The van der Waals surface area contributed by atoms with Gasteiger partial charge in [0.05, 0.1) is 16.7 Å². The van der Waals surface area contributed by atoms with Crippen LogP contribution in [0.15, 0.2) is 49.2 Å². The summed E-state index contributed by atoms with van der Waals surface area (Å²) in [5, 5.41) is 3.79. The van der Waals surface area contributed by atoms with Crippen LogP contribution in [0, 0.1) is 11.6 Å². The van der Waals surface area contributed by atoms with Crippen LogP contribution < -0.4 is 11.1 Å². The zero-order valence-corrected chi connectivity index (χ0v) is 15.7. The third-order valence-electron chi connectivity index (χ3n) is 3.70. The number of halogens is 2. The van der Waals surface area contributed by atoms with Crippen molar-refractivity contribution < 1.29 is 13.5 Å². The monoisotopic (exact) mass is 387 g/mol. The molecule has 140 valence electrons. The molecule has 3 rings (SSSR count). The van der Waals surface area contributed by atoms with Gasteiger partial charge in [-0.25, -0.2) is 13.8 Å². The number of hydrogen-bond donors (Lipinski definition) is 2. The van der Waals surface area contributed by atoms with Crippen molar-refractivity contribution in [3.8, 4) is 0 Å². The molecular formula is C20H19F2N3OS. The number of thiazole rings is 1. The minimum Gasteiger partial charge on any atom is -0.463 e. The number of aromatic nitrogens is 1.